The van der Waals surface area contributed by atoms with Gasteiger partial charge in [-0.25, -0.2) is 4.98 Å². The van der Waals surface area contributed by atoms with Crippen LogP contribution < -0.4 is 5.73 Å². The van der Waals surface area contributed by atoms with E-state index < -0.39 is 0 Å². The Morgan fingerprint density at radius 3 is 2.75 bits per heavy atom. The second-order valence-corrected chi connectivity index (χ2v) is 4.95. The van der Waals surface area contributed by atoms with Gasteiger partial charge in [0.15, 0.2) is 0 Å². The van der Waals surface area contributed by atoms with Crippen LogP contribution in [-0.2, 0) is 11.2 Å². The predicted octanol–water partition coefficient (Wildman–Crippen LogP) is 2.83. The largest absolute Gasteiger partial charge is 0.371 e. The average Bonchev–Trinajstić information content (AvgIpc) is 2.61. The fourth-order valence-corrected chi connectivity index (χ4v) is 2.86. The number of ether oxygens (including phenoxy) is 1. The van der Waals surface area contributed by atoms with Crippen LogP contribution in [-0.4, -0.2) is 18.1 Å². The lowest BCUT2D eigenvalue weighted by molar-refractivity contribution is 0.0554. The van der Waals surface area contributed by atoms with Gasteiger partial charge in [0.1, 0.15) is 11.1 Å². The summed E-state index contributed by atoms with van der Waals surface area (Å²) in [6.07, 6.45) is 3.26. The van der Waals surface area contributed by atoms with Crippen LogP contribution >= 0.6 is 11.3 Å². The molecule has 0 aromatic carbocycles. The molecule has 1 heterocycles. The zero-order valence-electron chi connectivity index (χ0n) is 10.5. The minimum Gasteiger partial charge on any atom is -0.371 e. The molecule has 0 radical (unpaired) electrons. The number of aromatic nitrogens is 1. The van der Waals surface area contributed by atoms with Gasteiger partial charge >= 0.3 is 0 Å². The Kier molecular flexibility index (Phi) is 5.95. The summed E-state index contributed by atoms with van der Waals surface area (Å²) in [5.74, 6) is 0. The molecule has 0 amide bonds. The number of rotatable bonds is 7. The second-order valence-electron chi connectivity index (χ2n) is 3.83. The standard InChI is InChI=1S/C12H22N2OS/c1-4-6-10(15-5-2)12-14-9(3)11(16-12)7-8-13/h10H,4-8,13H2,1-3H3. The van der Waals surface area contributed by atoms with Crippen molar-refractivity contribution < 1.29 is 4.74 Å². The molecule has 1 unspecified atom stereocenters. The fourth-order valence-electron chi connectivity index (χ4n) is 1.69. The molecule has 4 heteroatoms. The van der Waals surface area contributed by atoms with Crippen molar-refractivity contribution in [1.82, 2.24) is 4.98 Å². The number of nitrogens with zero attached hydrogens (tertiary/aromatic N) is 1. The first kappa shape index (κ1) is 13.6. The van der Waals surface area contributed by atoms with Gasteiger partial charge in [-0.1, -0.05) is 13.3 Å². The molecule has 0 spiro atoms. The molecule has 0 bridgehead atoms. The van der Waals surface area contributed by atoms with Crippen molar-refractivity contribution in [3.8, 4) is 0 Å². The van der Waals surface area contributed by atoms with Crippen molar-refractivity contribution in [1.29, 1.82) is 0 Å². The van der Waals surface area contributed by atoms with Crippen LogP contribution in [0.15, 0.2) is 0 Å². The van der Waals surface area contributed by atoms with Crippen LogP contribution in [0.1, 0.15) is 48.4 Å². The molecule has 1 aromatic heterocycles. The lowest BCUT2D eigenvalue weighted by Crippen LogP contribution is -2.03. The lowest BCUT2D eigenvalue weighted by atomic mass is 10.2. The summed E-state index contributed by atoms with van der Waals surface area (Å²) in [4.78, 5) is 5.91. The maximum atomic E-state index is 5.73. The van der Waals surface area contributed by atoms with Gasteiger partial charge in [-0.3, -0.25) is 0 Å². The van der Waals surface area contributed by atoms with Gasteiger partial charge in [0.05, 0.1) is 5.69 Å². The summed E-state index contributed by atoms with van der Waals surface area (Å²) in [5, 5.41) is 1.12. The number of hydrogen-bond donors (Lipinski definition) is 1. The van der Waals surface area contributed by atoms with E-state index >= 15 is 0 Å². The molecule has 0 aliphatic carbocycles. The van der Waals surface area contributed by atoms with E-state index in [-0.39, 0.29) is 6.10 Å². The summed E-state index contributed by atoms with van der Waals surface area (Å²) < 4.78 is 5.73. The maximum Gasteiger partial charge on any atom is 0.122 e. The Bertz CT molecular complexity index is 306. The highest BCUT2D eigenvalue weighted by atomic mass is 32.1. The Hall–Kier alpha value is -0.450. The topological polar surface area (TPSA) is 48.1 Å². The highest BCUT2D eigenvalue weighted by Crippen LogP contribution is 2.29. The van der Waals surface area contributed by atoms with Gasteiger partial charge in [-0.15, -0.1) is 11.3 Å². The SMILES string of the molecule is CCCC(OCC)c1nc(C)c(CCN)s1. The summed E-state index contributed by atoms with van der Waals surface area (Å²) in [6.45, 7) is 7.70. The third-order valence-electron chi connectivity index (χ3n) is 2.47. The summed E-state index contributed by atoms with van der Waals surface area (Å²) in [5.41, 5.74) is 6.70. The van der Waals surface area contributed by atoms with Crippen molar-refractivity contribution in [2.45, 2.75) is 46.1 Å². The predicted molar refractivity (Wildman–Crippen MR) is 68.9 cm³/mol. The van der Waals surface area contributed by atoms with E-state index in [2.05, 4.69) is 18.8 Å². The molecule has 1 atom stereocenters. The summed E-state index contributed by atoms with van der Waals surface area (Å²) in [7, 11) is 0. The molecule has 3 nitrogen and oxygen atoms in total. The molecule has 0 saturated heterocycles. The maximum absolute atomic E-state index is 5.73. The second kappa shape index (κ2) is 6.99. The Morgan fingerprint density at radius 2 is 2.19 bits per heavy atom. The molecule has 16 heavy (non-hydrogen) atoms. The zero-order valence-corrected chi connectivity index (χ0v) is 11.3. The molecule has 0 fully saturated rings. The third-order valence-corrected chi connectivity index (χ3v) is 3.78. The molecule has 2 N–H and O–H groups in total. The van der Waals surface area contributed by atoms with E-state index in [0.717, 1.165) is 36.6 Å². The molecule has 0 saturated carbocycles. The smallest absolute Gasteiger partial charge is 0.122 e. The number of thiazole rings is 1. The first-order valence-electron chi connectivity index (χ1n) is 6.00. The Balaban J connectivity index is 2.79. The van der Waals surface area contributed by atoms with Gasteiger partial charge in [-0.05, 0) is 33.2 Å². The van der Waals surface area contributed by atoms with E-state index in [9.17, 15) is 0 Å². The van der Waals surface area contributed by atoms with Crippen molar-refractivity contribution in [3.05, 3.63) is 15.6 Å². The molecular formula is C12H22N2OS. The molecular weight excluding hydrogens is 220 g/mol. The zero-order chi connectivity index (χ0) is 12.0. The molecule has 1 rings (SSSR count). The normalized spacial score (nSPS) is 13.0. The van der Waals surface area contributed by atoms with Crippen molar-refractivity contribution in [3.63, 3.8) is 0 Å². The van der Waals surface area contributed by atoms with Crippen LogP contribution in [0, 0.1) is 6.92 Å². The molecule has 92 valence electrons. The first-order valence-corrected chi connectivity index (χ1v) is 6.82. The lowest BCUT2D eigenvalue weighted by Gasteiger charge is -2.12. The molecule has 1 aromatic rings. The Morgan fingerprint density at radius 1 is 1.44 bits per heavy atom. The van der Waals surface area contributed by atoms with Crippen LogP contribution in [0.4, 0.5) is 0 Å². The van der Waals surface area contributed by atoms with Gasteiger partial charge < -0.3 is 10.5 Å². The van der Waals surface area contributed by atoms with Gasteiger partial charge in [-0.2, -0.15) is 0 Å². The number of nitrogens with two attached hydrogens (primary N) is 1. The van der Waals surface area contributed by atoms with Crippen molar-refractivity contribution >= 4 is 11.3 Å². The third kappa shape index (κ3) is 3.54. The highest BCUT2D eigenvalue weighted by molar-refractivity contribution is 7.11. The van der Waals surface area contributed by atoms with Gasteiger partial charge in [0, 0.05) is 11.5 Å². The highest BCUT2D eigenvalue weighted by Gasteiger charge is 2.16. The minimum atomic E-state index is 0.172. The summed E-state index contributed by atoms with van der Waals surface area (Å²) >= 11 is 1.76. The van der Waals surface area contributed by atoms with E-state index in [4.69, 9.17) is 10.5 Å². The van der Waals surface area contributed by atoms with Crippen LogP contribution in [0.25, 0.3) is 0 Å². The average molecular weight is 242 g/mol. The van der Waals surface area contributed by atoms with Gasteiger partial charge in [0.25, 0.3) is 0 Å². The monoisotopic (exact) mass is 242 g/mol. The van der Waals surface area contributed by atoms with Crippen molar-refractivity contribution in [2.75, 3.05) is 13.2 Å². The molecule has 0 aliphatic rings. The van der Waals surface area contributed by atoms with Crippen molar-refractivity contribution in [2.24, 2.45) is 5.73 Å². The Labute approximate surface area is 102 Å². The fraction of sp³-hybridized carbons (Fsp3) is 0.750. The van der Waals surface area contributed by atoms with E-state index in [0.29, 0.717) is 6.54 Å². The molecule has 0 aliphatic heterocycles. The quantitative estimate of drug-likeness (QED) is 0.800. The van der Waals surface area contributed by atoms with E-state index in [1.54, 1.807) is 11.3 Å². The minimum absolute atomic E-state index is 0.172. The van der Waals surface area contributed by atoms with E-state index in [1.165, 1.54) is 4.88 Å². The van der Waals surface area contributed by atoms with Crippen LogP contribution in [0.2, 0.25) is 0 Å². The van der Waals surface area contributed by atoms with Gasteiger partial charge in [0.2, 0.25) is 0 Å². The number of hydrogen-bond acceptors (Lipinski definition) is 4. The first-order chi connectivity index (χ1) is 7.72. The summed E-state index contributed by atoms with van der Waals surface area (Å²) in [6, 6.07) is 0. The number of aryl methyl sites for hydroxylation is 1. The van der Waals surface area contributed by atoms with Crippen LogP contribution in [0.3, 0.4) is 0 Å². The van der Waals surface area contributed by atoms with E-state index in [1.807, 2.05) is 6.92 Å². The van der Waals surface area contributed by atoms with Crippen LogP contribution in [0.5, 0.6) is 0 Å².